The second kappa shape index (κ2) is 6.68. The summed E-state index contributed by atoms with van der Waals surface area (Å²) < 4.78 is 0. The molecule has 9 heteroatoms. The number of hydrogen-bond donors (Lipinski definition) is 4. The van der Waals surface area contributed by atoms with Crippen molar-refractivity contribution < 1.29 is 19.8 Å². The predicted octanol–water partition coefficient (Wildman–Crippen LogP) is 3.56. The van der Waals surface area contributed by atoms with Crippen molar-refractivity contribution >= 4 is 40.3 Å². The van der Waals surface area contributed by atoms with Crippen LogP contribution in [-0.2, 0) is 12.3 Å². The van der Waals surface area contributed by atoms with Gasteiger partial charge in [-0.2, -0.15) is 0 Å². The molecule has 4 N–H and O–H groups in total. The topological polar surface area (TPSA) is 119 Å². The van der Waals surface area contributed by atoms with E-state index in [2.05, 4.69) is 15.3 Å². The monoisotopic (exact) mass is 420 g/mol. The van der Waals surface area contributed by atoms with Gasteiger partial charge in [-0.25, -0.2) is 9.78 Å². The van der Waals surface area contributed by atoms with Gasteiger partial charge in [-0.1, -0.05) is 30.3 Å². The molecule has 0 radical (unpaired) electrons. The summed E-state index contributed by atoms with van der Waals surface area (Å²) in [7, 11) is 0. The normalized spacial score (nSPS) is 18.0. The molecule has 0 bridgehead atoms. The van der Waals surface area contributed by atoms with E-state index in [-0.39, 0.29) is 18.4 Å². The van der Waals surface area contributed by atoms with E-state index in [0.29, 0.717) is 27.7 Å². The zero-order chi connectivity index (χ0) is 20.9. The third-order valence-corrected chi connectivity index (χ3v) is 6.03. The van der Waals surface area contributed by atoms with E-state index >= 15 is 0 Å². The van der Waals surface area contributed by atoms with Gasteiger partial charge in [0.05, 0.1) is 17.6 Å². The number of amides is 2. The third-order valence-electron chi connectivity index (χ3n) is 5.17. The number of carbonyl (C=O) groups is 2. The van der Waals surface area contributed by atoms with Gasteiger partial charge in [-0.3, -0.25) is 15.0 Å². The fourth-order valence-corrected chi connectivity index (χ4v) is 4.55. The van der Waals surface area contributed by atoms with Crippen molar-refractivity contribution in [3.05, 3.63) is 81.5 Å². The first-order valence-corrected chi connectivity index (χ1v) is 10.0. The molecular formula is C21H16N4O4S. The molecule has 3 heterocycles. The van der Waals surface area contributed by atoms with E-state index in [1.54, 1.807) is 42.5 Å². The first kappa shape index (κ1) is 18.3. The maximum absolute atomic E-state index is 13.2. The second-order valence-electron chi connectivity index (χ2n) is 6.94. The minimum atomic E-state index is -1.67. The average Bonchev–Trinajstić information content (AvgIpc) is 3.42. The van der Waals surface area contributed by atoms with Crippen molar-refractivity contribution in [3.63, 3.8) is 0 Å². The van der Waals surface area contributed by atoms with Crippen LogP contribution in [0.4, 0.5) is 10.7 Å². The summed E-state index contributed by atoms with van der Waals surface area (Å²) in [6, 6.07) is 15.9. The van der Waals surface area contributed by atoms with E-state index < -0.39 is 11.8 Å². The Labute approximate surface area is 174 Å². The van der Waals surface area contributed by atoms with Gasteiger partial charge in [0.25, 0.3) is 5.91 Å². The number of hydrogen-bond acceptors (Lipinski definition) is 5. The molecule has 0 aliphatic carbocycles. The molecular weight excluding hydrogens is 404 g/mol. The number of carboxylic acid groups (broad SMARTS) is 1. The highest BCUT2D eigenvalue weighted by molar-refractivity contribution is 7.09. The van der Waals surface area contributed by atoms with Crippen molar-refractivity contribution in [1.29, 1.82) is 0 Å². The standard InChI is InChI=1S/C21H16N4O4S/c26-18-14-5-1-2-6-15(14)21(29,25(18)11-13-4-3-9-30-13)12-7-8-16-17(10-12)23-19(22-16)24-20(27)28/h1-10,29H,11H2,(H,27,28)(H2,22,23,24). The first-order chi connectivity index (χ1) is 14.5. The lowest BCUT2D eigenvalue weighted by molar-refractivity contribution is -0.0537. The lowest BCUT2D eigenvalue weighted by Gasteiger charge is -2.34. The van der Waals surface area contributed by atoms with Crippen LogP contribution in [0.1, 0.15) is 26.4 Å². The summed E-state index contributed by atoms with van der Waals surface area (Å²) >= 11 is 1.51. The maximum atomic E-state index is 13.2. The van der Waals surface area contributed by atoms with Gasteiger partial charge >= 0.3 is 6.09 Å². The van der Waals surface area contributed by atoms with Crippen LogP contribution < -0.4 is 5.32 Å². The molecule has 5 rings (SSSR count). The summed E-state index contributed by atoms with van der Waals surface area (Å²) in [5.74, 6) is -0.167. The van der Waals surface area contributed by atoms with Gasteiger partial charge in [-0.15, -0.1) is 11.3 Å². The number of benzene rings is 2. The summed E-state index contributed by atoms with van der Waals surface area (Å²) in [6.07, 6.45) is -1.23. The summed E-state index contributed by atoms with van der Waals surface area (Å²) in [5.41, 5.74) is 0.849. The second-order valence-corrected chi connectivity index (χ2v) is 7.97. The van der Waals surface area contributed by atoms with Crippen LogP contribution in [0, 0.1) is 0 Å². The van der Waals surface area contributed by atoms with Crippen LogP contribution in [0.25, 0.3) is 11.0 Å². The van der Waals surface area contributed by atoms with Gasteiger partial charge in [0.1, 0.15) is 0 Å². The average molecular weight is 420 g/mol. The fraction of sp³-hybridized carbons (Fsp3) is 0.0952. The number of aliphatic hydroxyl groups is 1. The zero-order valence-electron chi connectivity index (χ0n) is 15.5. The van der Waals surface area contributed by atoms with Crippen molar-refractivity contribution in [2.45, 2.75) is 12.3 Å². The minimum absolute atomic E-state index is 0.0833. The number of nitrogens with zero attached hydrogens (tertiary/aromatic N) is 2. The molecule has 1 aliphatic heterocycles. The van der Waals surface area contributed by atoms with E-state index in [9.17, 15) is 14.7 Å². The molecule has 1 atom stereocenters. The Morgan fingerprint density at radius 3 is 2.80 bits per heavy atom. The van der Waals surface area contributed by atoms with Crippen LogP contribution >= 0.6 is 11.3 Å². The molecule has 1 unspecified atom stereocenters. The van der Waals surface area contributed by atoms with Crippen molar-refractivity contribution in [2.75, 3.05) is 5.32 Å². The van der Waals surface area contributed by atoms with Gasteiger partial charge in [-0.05, 0) is 29.6 Å². The van der Waals surface area contributed by atoms with Crippen molar-refractivity contribution in [3.8, 4) is 0 Å². The number of imidazole rings is 1. The third kappa shape index (κ3) is 2.75. The van der Waals surface area contributed by atoms with Crippen LogP contribution in [0.15, 0.2) is 60.0 Å². The Kier molecular flexibility index (Phi) is 4.09. The van der Waals surface area contributed by atoms with Crippen LogP contribution in [-0.4, -0.2) is 37.1 Å². The Bertz CT molecular complexity index is 1280. The maximum Gasteiger partial charge on any atom is 0.411 e. The number of thiophene rings is 1. The zero-order valence-corrected chi connectivity index (χ0v) is 16.3. The lowest BCUT2D eigenvalue weighted by atomic mass is 9.93. The van der Waals surface area contributed by atoms with E-state index in [1.807, 2.05) is 17.5 Å². The fourth-order valence-electron chi connectivity index (χ4n) is 3.85. The van der Waals surface area contributed by atoms with Crippen LogP contribution in [0.5, 0.6) is 0 Å². The summed E-state index contributed by atoms with van der Waals surface area (Å²) in [5, 5.41) is 24.9. The largest absolute Gasteiger partial charge is 0.465 e. The van der Waals surface area contributed by atoms with Gasteiger partial charge in [0, 0.05) is 21.6 Å². The van der Waals surface area contributed by atoms with Gasteiger partial charge in [0.2, 0.25) is 5.95 Å². The molecule has 0 spiro atoms. The molecule has 150 valence electrons. The Morgan fingerprint density at radius 2 is 2.03 bits per heavy atom. The summed E-state index contributed by atoms with van der Waals surface area (Å²) in [4.78, 5) is 33.5. The van der Waals surface area contributed by atoms with Crippen LogP contribution in [0.3, 0.4) is 0 Å². The molecule has 30 heavy (non-hydrogen) atoms. The number of fused-ring (bicyclic) bond motifs is 2. The SMILES string of the molecule is O=C(O)Nc1nc2ccc(C3(O)c4ccccc4C(=O)N3Cc3cccs3)cc2[nH]1. The highest BCUT2D eigenvalue weighted by atomic mass is 32.1. The number of H-pyrrole nitrogens is 1. The molecule has 4 aromatic rings. The Morgan fingerprint density at radius 1 is 1.20 bits per heavy atom. The molecule has 1 aliphatic rings. The number of carbonyl (C=O) groups excluding carboxylic acids is 1. The number of anilines is 1. The van der Waals surface area contributed by atoms with E-state index in [0.717, 1.165) is 4.88 Å². The number of rotatable bonds is 4. The number of aromatic amines is 1. The summed E-state index contributed by atoms with van der Waals surface area (Å²) in [6.45, 7) is 0.258. The number of aromatic nitrogens is 2. The molecule has 2 aromatic heterocycles. The molecule has 0 fully saturated rings. The molecule has 0 saturated heterocycles. The van der Waals surface area contributed by atoms with Crippen LogP contribution in [0.2, 0.25) is 0 Å². The smallest absolute Gasteiger partial charge is 0.411 e. The molecule has 8 nitrogen and oxygen atoms in total. The van der Waals surface area contributed by atoms with E-state index in [4.69, 9.17) is 5.11 Å². The first-order valence-electron chi connectivity index (χ1n) is 9.13. The molecule has 0 saturated carbocycles. The lowest BCUT2D eigenvalue weighted by Crippen LogP contribution is -2.44. The highest BCUT2D eigenvalue weighted by Gasteiger charge is 2.49. The Balaban J connectivity index is 1.65. The predicted molar refractivity (Wildman–Crippen MR) is 111 cm³/mol. The molecule has 2 amide bonds. The van der Waals surface area contributed by atoms with Gasteiger partial charge in [0.15, 0.2) is 5.72 Å². The quantitative estimate of drug-likeness (QED) is 0.403. The van der Waals surface area contributed by atoms with Crippen molar-refractivity contribution in [2.24, 2.45) is 0 Å². The molecule has 2 aromatic carbocycles. The van der Waals surface area contributed by atoms with E-state index in [1.165, 1.54) is 16.2 Å². The van der Waals surface area contributed by atoms with Crippen molar-refractivity contribution in [1.82, 2.24) is 14.9 Å². The minimum Gasteiger partial charge on any atom is -0.465 e. The highest BCUT2D eigenvalue weighted by Crippen LogP contribution is 2.43. The Hall–Kier alpha value is -3.69. The number of nitrogens with one attached hydrogen (secondary N) is 2. The van der Waals surface area contributed by atoms with Gasteiger partial charge < -0.3 is 15.2 Å².